The maximum Gasteiger partial charge on any atom is 0.258 e. The van der Waals surface area contributed by atoms with Gasteiger partial charge in [-0.1, -0.05) is 12.1 Å². The lowest BCUT2D eigenvalue weighted by Crippen LogP contribution is -2.31. The molecule has 3 aromatic rings. The smallest absolute Gasteiger partial charge is 0.258 e. The summed E-state index contributed by atoms with van der Waals surface area (Å²) in [6.45, 7) is 2.33. The second kappa shape index (κ2) is 8.00. The Kier molecular flexibility index (Phi) is 5.38. The highest BCUT2D eigenvalue weighted by Gasteiger charge is 2.36. The van der Waals surface area contributed by atoms with Crippen LogP contribution >= 0.6 is 15.9 Å². The van der Waals surface area contributed by atoms with Gasteiger partial charge in [-0.05, 0) is 52.7 Å². The molecule has 0 saturated carbocycles. The van der Waals surface area contributed by atoms with Gasteiger partial charge in [-0.3, -0.25) is 4.79 Å². The molecule has 1 aliphatic rings. The van der Waals surface area contributed by atoms with Gasteiger partial charge in [0.1, 0.15) is 17.4 Å². The number of aryl methyl sites for hydroxylation is 1. The number of pyridine rings is 1. The number of nitriles is 1. The third-order valence-corrected chi connectivity index (χ3v) is 5.93. The summed E-state index contributed by atoms with van der Waals surface area (Å²) in [5.74, 6) is 0.639. The van der Waals surface area contributed by atoms with Crippen molar-refractivity contribution < 1.29 is 14.2 Å². The quantitative estimate of drug-likeness (QED) is 0.605. The number of nitrogens with zero attached hydrogens (tertiary/aromatic N) is 2. The minimum absolute atomic E-state index is 0.0256. The Morgan fingerprint density at radius 1 is 1.32 bits per heavy atom. The zero-order chi connectivity index (χ0) is 22.3. The van der Waals surface area contributed by atoms with Gasteiger partial charge in [0, 0.05) is 12.4 Å². The molecular formula is C23H20BrN3O4. The molecule has 8 heteroatoms. The molecule has 7 nitrogen and oxygen atoms in total. The number of para-hydroxylation sites is 1. The van der Waals surface area contributed by atoms with E-state index in [4.69, 9.17) is 19.9 Å². The lowest BCUT2D eigenvalue weighted by molar-refractivity contribution is 0.308. The highest BCUT2D eigenvalue weighted by Crippen LogP contribution is 2.46. The minimum atomic E-state index is -0.724. The number of aromatic nitrogens is 1. The molecular weight excluding hydrogens is 462 g/mol. The van der Waals surface area contributed by atoms with Crippen LogP contribution in [0.4, 0.5) is 0 Å². The van der Waals surface area contributed by atoms with E-state index in [0.717, 1.165) is 5.39 Å². The lowest BCUT2D eigenvalue weighted by atomic mass is 9.83. The second-order valence-corrected chi connectivity index (χ2v) is 7.87. The van der Waals surface area contributed by atoms with Crippen molar-refractivity contribution in [2.75, 3.05) is 13.7 Å². The predicted octanol–water partition coefficient (Wildman–Crippen LogP) is 3.93. The molecule has 0 spiro atoms. The monoisotopic (exact) mass is 481 g/mol. The number of rotatable bonds is 4. The summed E-state index contributed by atoms with van der Waals surface area (Å²) in [7, 11) is 3.23. The van der Waals surface area contributed by atoms with E-state index in [2.05, 4.69) is 22.0 Å². The van der Waals surface area contributed by atoms with Crippen LogP contribution in [0.3, 0.4) is 0 Å². The van der Waals surface area contributed by atoms with Crippen LogP contribution in [-0.2, 0) is 7.05 Å². The molecule has 2 heterocycles. The Labute approximate surface area is 187 Å². The van der Waals surface area contributed by atoms with E-state index >= 15 is 0 Å². The summed E-state index contributed by atoms with van der Waals surface area (Å²) in [6, 6.07) is 13.1. The summed E-state index contributed by atoms with van der Waals surface area (Å²) in [5.41, 5.74) is 7.78. The van der Waals surface area contributed by atoms with E-state index in [9.17, 15) is 10.1 Å². The average Bonchev–Trinajstić information content (AvgIpc) is 2.77. The maximum atomic E-state index is 13.4. The normalized spacial score (nSPS) is 15.3. The van der Waals surface area contributed by atoms with Crippen molar-refractivity contribution in [2.45, 2.75) is 12.8 Å². The number of allylic oxidation sites excluding steroid dienone is 1. The summed E-state index contributed by atoms with van der Waals surface area (Å²) in [5, 5.41) is 10.6. The first-order chi connectivity index (χ1) is 14.9. The number of halogens is 1. The Morgan fingerprint density at radius 3 is 2.74 bits per heavy atom. The zero-order valence-corrected chi connectivity index (χ0v) is 18.8. The highest BCUT2D eigenvalue weighted by molar-refractivity contribution is 9.10. The number of hydrogen-bond acceptors (Lipinski definition) is 6. The largest absolute Gasteiger partial charge is 0.493 e. The molecule has 0 unspecified atom stereocenters. The van der Waals surface area contributed by atoms with Crippen LogP contribution in [0.2, 0.25) is 0 Å². The summed E-state index contributed by atoms with van der Waals surface area (Å²) in [6.07, 6.45) is 0. The van der Waals surface area contributed by atoms with Crippen LogP contribution < -0.4 is 25.5 Å². The van der Waals surface area contributed by atoms with Crippen LogP contribution in [0, 0.1) is 11.3 Å². The molecule has 0 fully saturated rings. The van der Waals surface area contributed by atoms with E-state index in [0.29, 0.717) is 45.0 Å². The number of fused-ring (bicyclic) bond motifs is 3. The third-order valence-electron chi connectivity index (χ3n) is 5.34. The van der Waals surface area contributed by atoms with E-state index in [1.165, 1.54) is 7.11 Å². The van der Waals surface area contributed by atoms with Crippen molar-refractivity contribution in [2.24, 2.45) is 12.8 Å². The zero-order valence-electron chi connectivity index (χ0n) is 17.2. The van der Waals surface area contributed by atoms with Crippen LogP contribution in [0.1, 0.15) is 24.0 Å². The van der Waals surface area contributed by atoms with Crippen LogP contribution in [0.5, 0.6) is 17.2 Å². The van der Waals surface area contributed by atoms with Crippen molar-refractivity contribution in [3.8, 4) is 23.3 Å². The van der Waals surface area contributed by atoms with Gasteiger partial charge < -0.3 is 24.5 Å². The molecule has 0 amide bonds. The molecule has 158 valence electrons. The van der Waals surface area contributed by atoms with Crippen LogP contribution in [0.15, 0.2) is 57.1 Å². The van der Waals surface area contributed by atoms with Gasteiger partial charge >= 0.3 is 0 Å². The molecule has 0 bridgehead atoms. The van der Waals surface area contributed by atoms with E-state index < -0.39 is 5.92 Å². The second-order valence-electron chi connectivity index (χ2n) is 7.02. The van der Waals surface area contributed by atoms with E-state index in [-0.39, 0.29) is 17.0 Å². The van der Waals surface area contributed by atoms with Crippen molar-refractivity contribution in [3.05, 3.63) is 73.8 Å². The number of nitrogens with two attached hydrogens (primary N) is 1. The SMILES string of the molecule is CCOc1c(Br)cc([C@@H]2C(C#N)=C(N)Oc3c2c(=O)n(C)c2ccccc32)cc1OC. The Bertz CT molecular complexity index is 1340. The van der Waals surface area contributed by atoms with Crippen molar-refractivity contribution >= 4 is 26.8 Å². The number of hydrogen-bond donors (Lipinski definition) is 1. The van der Waals surface area contributed by atoms with Crippen molar-refractivity contribution in [3.63, 3.8) is 0 Å². The number of ether oxygens (including phenoxy) is 3. The fraction of sp³-hybridized carbons (Fsp3) is 0.217. The Hall–Kier alpha value is -3.44. The highest BCUT2D eigenvalue weighted by atomic mass is 79.9. The van der Waals surface area contributed by atoms with Crippen molar-refractivity contribution in [1.29, 1.82) is 5.26 Å². The molecule has 2 N–H and O–H groups in total. The molecule has 1 aliphatic heterocycles. The Morgan fingerprint density at radius 2 is 2.06 bits per heavy atom. The standard InChI is InChI=1S/C23H20BrN3O4/c1-4-30-21-15(24)9-12(10-17(21)29-3)18-14(11-25)22(26)31-20-13-7-5-6-8-16(13)27(2)23(28)19(18)20/h5-10,18H,4,26H2,1-3H3/t18-/m1/s1. The molecule has 0 aliphatic carbocycles. The number of methoxy groups -OCH3 is 1. The van der Waals surface area contributed by atoms with E-state index in [1.807, 2.05) is 37.3 Å². The van der Waals surface area contributed by atoms with Crippen LogP contribution in [-0.4, -0.2) is 18.3 Å². The van der Waals surface area contributed by atoms with Gasteiger partial charge in [0.2, 0.25) is 5.88 Å². The molecule has 0 saturated heterocycles. The first-order valence-electron chi connectivity index (χ1n) is 9.62. The summed E-state index contributed by atoms with van der Waals surface area (Å²) in [4.78, 5) is 13.4. The van der Waals surface area contributed by atoms with Gasteiger partial charge in [-0.25, -0.2) is 0 Å². The predicted molar refractivity (Wildman–Crippen MR) is 120 cm³/mol. The Balaban J connectivity index is 2.07. The molecule has 0 radical (unpaired) electrons. The number of benzene rings is 2. The van der Waals surface area contributed by atoms with Gasteiger partial charge in [-0.15, -0.1) is 0 Å². The van der Waals surface area contributed by atoms with E-state index in [1.54, 1.807) is 17.7 Å². The lowest BCUT2D eigenvalue weighted by Gasteiger charge is -2.28. The fourth-order valence-electron chi connectivity index (χ4n) is 3.95. The first kappa shape index (κ1) is 20.8. The fourth-order valence-corrected chi connectivity index (χ4v) is 4.52. The minimum Gasteiger partial charge on any atom is -0.493 e. The molecule has 1 aromatic heterocycles. The first-order valence-corrected chi connectivity index (χ1v) is 10.4. The summed E-state index contributed by atoms with van der Waals surface area (Å²) >= 11 is 3.53. The van der Waals surface area contributed by atoms with Crippen molar-refractivity contribution in [1.82, 2.24) is 4.57 Å². The molecule has 2 aromatic carbocycles. The molecule has 31 heavy (non-hydrogen) atoms. The van der Waals surface area contributed by atoms with Crippen LogP contribution in [0.25, 0.3) is 10.9 Å². The average molecular weight is 482 g/mol. The summed E-state index contributed by atoms with van der Waals surface area (Å²) < 4.78 is 19.2. The van der Waals surface area contributed by atoms with Gasteiger partial charge in [0.25, 0.3) is 5.56 Å². The topological polar surface area (TPSA) is 99.5 Å². The van der Waals surface area contributed by atoms with Gasteiger partial charge in [-0.2, -0.15) is 5.26 Å². The molecule has 4 rings (SSSR count). The third kappa shape index (κ3) is 3.22. The van der Waals surface area contributed by atoms with Gasteiger partial charge in [0.15, 0.2) is 11.5 Å². The van der Waals surface area contributed by atoms with Gasteiger partial charge in [0.05, 0.1) is 35.2 Å². The molecule has 1 atom stereocenters. The maximum absolute atomic E-state index is 13.4.